The van der Waals surface area contributed by atoms with Crippen molar-refractivity contribution in [3.8, 4) is 5.75 Å². The molecule has 154 valence electrons. The number of amides is 2. The number of imidazole rings is 1. The molecule has 0 bridgehead atoms. The Bertz CT molecular complexity index is 1040. The number of nitrogens with zero attached hydrogens (tertiary/aromatic N) is 3. The number of carbonyl (C=O) groups is 2. The van der Waals surface area contributed by atoms with Crippen molar-refractivity contribution >= 4 is 39.1 Å². The van der Waals surface area contributed by atoms with Crippen LogP contribution in [0, 0.1) is 5.92 Å². The van der Waals surface area contributed by atoms with Gasteiger partial charge in [0.25, 0.3) is 0 Å². The Labute approximate surface area is 182 Å². The van der Waals surface area contributed by atoms with Crippen LogP contribution in [0.25, 0.3) is 0 Å². The van der Waals surface area contributed by atoms with E-state index >= 15 is 0 Å². The van der Waals surface area contributed by atoms with Crippen molar-refractivity contribution < 1.29 is 14.3 Å². The maximum atomic E-state index is 12.9. The molecule has 1 N–H and O–H groups in total. The summed E-state index contributed by atoms with van der Waals surface area (Å²) in [6.45, 7) is 1.58. The number of aromatic nitrogens is 2. The summed E-state index contributed by atoms with van der Waals surface area (Å²) in [6.07, 6.45) is 5.76. The van der Waals surface area contributed by atoms with Crippen LogP contribution in [-0.2, 0) is 16.1 Å². The third-order valence-electron chi connectivity index (χ3n) is 4.98. The lowest BCUT2D eigenvalue weighted by atomic mass is 10.1. The monoisotopic (exact) mass is 468 g/mol. The minimum atomic E-state index is -0.726. The Hall–Kier alpha value is -3.13. The Morgan fingerprint density at radius 1 is 1.20 bits per heavy atom. The molecule has 0 saturated carbocycles. The first-order valence-electron chi connectivity index (χ1n) is 9.68. The molecule has 0 radical (unpaired) electrons. The average Bonchev–Trinajstić information content (AvgIpc) is 3.39. The number of hydrogen-bond donors (Lipinski definition) is 1. The fourth-order valence-corrected chi connectivity index (χ4v) is 3.93. The van der Waals surface area contributed by atoms with Gasteiger partial charge in [-0.25, -0.2) is 4.98 Å². The van der Waals surface area contributed by atoms with E-state index in [4.69, 9.17) is 4.74 Å². The first-order valence-corrected chi connectivity index (χ1v) is 10.5. The van der Waals surface area contributed by atoms with Crippen LogP contribution >= 0.6 is 15.9 Å². The van der Waals surface area contributed by atoms with Crippen molar-refractivity contribution in [3.05, 3.63) is 71.7 Å². The zero-order valence-electron chi connectivity index (χ0n) is 16.2. The van der Waals surface area contributed by atoms with E-state index in [2.05, 4.69) is 26.2 Å². The number of carbonyl (C=O) groups excluding carboxylic acids is 2. The summed E-state index contributed by atoms with van der Waals surface area (Å²) in [5, 5.41) is 2.87. The standard InChI is InChI=1S/C22H21BrN4O3/c23-17-5-1-3-7-19(17)27-11-9-16(22(27)29)21(28)25-18-6-2-4-8-20(18)30-14-13-26-12-10-24-15-26/h1-8,10,12,15-16H,9,11,13-14H2,(H,25,28). The fraction of sp³-hybridized carbons (Fsp3) is 0.227. The van der Waals surface area contributed by atoms with Gasteiger partial charge in [-0.15, -0.1) is 0 Å². The van der Waals surface area contributed by atoms with Crippen LogP contribution in [0.2, 0.25) is 0 Å². The molecule has 1 aliphatic rings. The number of para-hydroxylation sites is 3. The summed E-state index contributed by atoms with van der Waals surface area (Å²) >= 11 is 3.48. The fourth-order valence-electron chi connectivity index (χ4n) is 3.43. The highest BCUT2D eigenvalue weighted by atomic mass is 79.9. The lowest BCUT2D eigenvalue weighted by molar-refractivity contribution is -0.129. The van der Waals surface area contributed by atoms with Crippen LogP contribution in [0.5, 0.6) is 5.75 Å². The molecule has 8 heteroatoms. The molecule has 1 fully saturated rings. The predicted molar refractivity (Wildman–Crippen MR) is 117 cm³/mol. The number of anilines is 2. The van der Waals surface area contributed by atoms with Gasteiger partial charge in [-0.3, -0.25) is 9.59 Å². The lowest BCUT2D eigenvalue weighted by Gasteiger charge is -2.18. The van der Waals surface area contributed by atoms with Crippen LogP contribution < -0.4 is 15.0 Å². The number of halogens is 1. The summed E-state index contributed by atoms with van der Waals surface area (Å²) in [6, 6.07) is 14.8. The molecule has 4 rings (SSSR count). The van der Waals surface area contributed by atoms with Gasteiger partial charge >= 0.3 is 0 Å². The first kappa shape index (κ1) is 20.2. The maximum absolute atomic E-state index is 12.9. The molecular formula is C22H21BrN4O3. The Balaban J connectivity index is 1.40. The summed E-state index contributed by atoms with van der Waals surface area (Å²) in [4.78, 5) is 31.4. The number of rotatable bonds is 7. The normalized spacial score (nSPS) is 16.0. The molecular weight excluding hydrogens is 448 g/mol. The van der Waals surface area contributed by atoms with Gasteiger partial charge in [0.1, 0.15) is 18.3 Å². The Kier molecular flexibility index (Phi) is 6.13. The maximum Gasteiger partial charge on any atom is 0.239 e. The Morgan fingerprint density at radius 2 is 2.00 bits per heavy atom. The lowest BCUT2D eigenvalue weighted by Crippen LogP contribution is -2.33. The minimum Gasteiger partial charge on any atom is -0.490 e. The van der Waals surface area contributed by atoms with Crippen molar-refractivity contribution in [3.63, 3.8) is 0 Å². The quantitative estimate of drug-likeness (QED) is 0.536. The topological polar surface area (TPSA) is 76.5 Å². The largest absolute Gasteiger partial charge is 0.490 e. The van der Waals surface area contributed by atoms with Gasteiger partial charge in [-0.1, -0.05) is 24.3 Å². The van der Waals surface area contributed by atoms with Crippen LogP contribution in [0.4, 0.5) is 11.4 Å². The molecule has 1 aliphatic heterocycles. The molecule has 1 aromatic heterocycles. The molecule has 30 heavy (non-hydrogen) atoms. The number of ether oxygens (including phenoxy) is 1. The van der Waals surface area contributed by atoms with Crippen molar-refractivity contribution in [2.75, 3.05) is 23.4 Å². The van der Waals surface area contributed by atoms with Crippen LogP contribution in [-0.4, -0.2) is 34.5 Å². The van der Waals surface area contributed by atoms with Gasteiger partial charge in [-0.2, -0.15) is 0 Å². The highest BCUT2D eigenvalue weighted by Crippen LogP contribution is 2.32. The molecule has 0 spiro atoms. The highest BCUT2D eigenvalue weighted by Gasteiger charge is 2.38. The van der Waals surface area contributed by atoms with E-state index < -0.39 is 5.92 Å². The van der Waals surface area contributed by atoms with Crippen molar-refractivity contribution in [2.24, 2.45) is 5.92 Å². The SMILES string of the molecule is O=C(Nc1ccccc1OCCn1ccnc1)C1CCN(c2ccccc2Br)C1=O. The van der Waals surface area contributed by atoms with E-state index in [1.807, 2.05) is 47.2 Å². The number of nitrogens with one attached hydrogen (secondary N) is 1. The smallest absolute Gasteiger partial charge is 0.239 e. The molecule has 2 aromatic carbocycles. The van der Waals surface area contributed by atoms with Crippen molar-refractivity contribution in [1.82, 2.24) is 9.55 Å². The van der Waals surface area contributed by atoms with Gasteiger partial charge in [0.05, 0.1) is 24.2 Å². The molecule has 1 atom stereocenters. The molecule has 2 heterocycles. The highest BCUT2D eigenvalue weighted by molar-refractivity contribution is 9.10. The van der Waals surface area contributed by atoms with Crippen LogP contribution in [0.1, 0.15) is 6.42 Å². The predicted octanol–water partition coefficient (Wildman–Crippen LogP) is 3.72. The van der Waals surface area contributed by atoms with Crippen molar-refractivity contribution in [2.45, 2.75) is 13.0 Å². The Morgan fingerprint density at radius 3 is 2.80 bits per heavy atom. The van der Waals surface area contributed by atoms with Gasteiger partial charge < -0.3 is 19.5 Å². The zero-order valence-corrected chi connectivity index (χ0v) is 17.8. The van der Waals surface area contributed by atoms with E-state index in [0.717, 1.165) is 10.2 Å². The van der Waals surface area contributed by atoms with E-state index in [1.165, 1.54) is 0 Å². The van der Waals surface area contributed by atoms with Gasteiger partial charge in [-0.05, 0) is 46.6 Å². The molecule has 7 nitrogen and oxygen atoms in total. The minimum absolute atomic E-state index is 0.196. The molecule has 1 saturated heterocycles. The van der Waals surface area contributed by atoms with Gasteiger partial charge in [0.2, 0.25) is 11.8 Å². The second-order valence-electron chi connectivity index (χ2n) is 6.92. The van der Waals surface area contributed by atoms with Crippen LogP contribution in [0.15, 0.2) is 71.7 Å². The molecule has 1 unspecified atom stereocenters. The van der Waals surface area contributed by atoms with Gasteiger partial charge in [0.15, 0.2) is 0 Å². The third kappa shape index (κ3) is 4.38. The van der Waals surface area contributed by atoms with Gasteiger partial charge in [0, 0.05) is 23.4 Å². The summed E-state index contributed by atoms with van der Waals surface area (Å²) in [7, 11) is 0. The average molecular weight is 469 g/mol. The van der Waals surface area contributed by atoms with Crippen molar-refractivity contribution in [1.29, 1.82) is 0 Å². The van der Waals surface area contributed by atoms with Crippen LogP contribution in [0.3, 0.4) is 0 Å². The number of benzene rings is 2. The molecule has 3 aromatic rings. The van der Waals surface area contributed by atoms with E-state index in [-0.39, 0.29) is 11.8 Å². The summed E-state index contributed by atoms with van der Waals surface area (Å²) in [5.41, 5.74) is 1.33. The summed E-state index contributed by atoms with van der Waals surface area (Å²) < 4.78 is 8.58. The van der Waals surface area contributed by atoms with E-state index in [0.29, 0.717) is 37.6 Å². The first-order chi connectivity index (χ1) is 14.6. The third-order valence-corrected chi connectivity index (χ3v) is 5.65. The summed E-state index contributed by atoms with van der Waals surface area (Å²) in [5.74, 6) is -0.673. The van der Waals surface area contributed by atoms with E-state index in [1.54, 1.807) is 29.6 Å². The molecule has 2 amide bonds. The second-order valence-corrected chi connectivity index (χ2v) is 7.77. The second kappa shape index (κ2) is 9.13. The molecule has 0 aliphatic carbocycles. The number of hydrogen-bond acceptors (Lipinski definition) is 4. The van der Waals surface area contributed by atoms with E-state index in [9.17, 15) is 9.59 Å². The zero-order chi connectivity index (χ0) is 20.9.